The first-order valence-electron chi connectivity index (χ1n) is 7.43. The first-order chi connectivity index (χ1) is 10.2. The van der Waals surface area contributed by atoms with Gasteiger partial charge in [-0.2, -0.15) is 11.8 Å². The van der Waals surface area contributed by atoms with Crippen molar-refractivity contribution >= 4 is 33.9 Å². The Kier molecular flexibility index (Phi) is 4.51. The second-order valence-corrected chi connectivity index (χ2v) is 6.68. The molecule has 1 aromatic heterocycles. The van der Waals surface area contributed by atoms with Crippen LogP contribution in [0.1, 0.15) is 5.69 Å². The molecule has 0 aliphatic carbocycles. The van der Waals surface area contributed by atoms with Gasteiger partial charge in [-0.3, -0.25) is 9.88 Å². The van der Waals surface area contributed by atoms with E-state index in [1.807, 2.05) is 19.2 Å². The summed E-state index contributed by atoms with van der Waals surface area (Å²) in [5.74, 6) is 2.52. The molecule has 1 fully saturated rings. The molecule has 21 heavy (non-hydrogen) atoms. The topological polar surface area (TPSA) is 54.2 Å². The number of hydrogen-bond donors (Lipinski definition) is 2. The third-order valence-corrected chi connectivity index (χ3v) is 4.86. The van der Waals surface area contributed by atoms with Crippen molar-refractivity contribution in [2.45, 2.75) is 6.92 Å². The van der Waals surface area contributed by atoms with Crippen LogP contribution in [-0.2, 0) is 0 Å². The average molecular weight is 302 g/mol. The smallest absolute Gasteiger partial charge is 0.0423 e. The number of anilines is 2. The van der Waals surface area contributed by atoms with Crippen molar-refractivity contribution in [3.05, 3.63) is 30.1 Å². The van der Waals surface area contributed by atoms with E-state index in [9.17, 15) is 0 Å². The highest BCUT2D eigenvalue weighted by Crippen LogP contribution is 2.28. The summed E-state index contributed by atoms with van der Waals surface area (Å²) in [6.45, 7) is 6.48. The zero-order chi connectivity index (χ0) is 14.7. The molecule has 0 bridgehead atoms. The highest BCUT2D eigenvalue weighted by Gasteiger charge is 2.10. The van der Waals surface area contributed by atoms with E-state index in [0.717, 1.165) is 40.9 Å². The standard InChI is InChI=1S/C16H22N4S/c1-12-10-13-14(11-19-12)15(17)2-3-16(13)18-4-5-20-6-8-21-9-7-20/h2-3,10-11,18H,4-9,17H2,1H3. The van der Waals surface area contributed by atoms with E-state index in [0.29, 0.717) is 0 Å². The van der Waals surface area contributed by atoms with Crippen molar-refractivity contribution in [2.24, 2.45) is 0 Å². The maximum atomic E-state index is 6.04. The Bertz CT molecular complexity index is 623. The Balaban J connectivity index is 1.71. The molecule has 1 aromatic carbocycles. The van der Waals surface area contributed by atoms with Gasteiger partial charge in [-0.25, -0.2) is 0 Å². The van der Waals surface area contributed by atoms with Crippen molar-refractivity contribution in [2.75, 3.05) is 48.7 Å². The molecule has 1 saturated heterocycles. The number of hydrogen-bond acceptors (Lipinski definition) is 5. The Labute approximate surface area is 130 Å². The van der Waals surface area contributed by atoms with Gasteiger partial charge in [0.15, 0.2) is 0 Å². The molecular formula is C16H22N4S. The van der Waals surface area contributed by atoms with Gasteiger partial charge in [-0.15, -0.1) is 0 Å². The second-order valence-electron chi connectivity index (χ2n) is 5.45. The number of fused-ring (bicyclic) bond motifs is 1. The molecule has 0 radical (unpaired) electrons. The van der Waals surface area contributed by atoms with Crippen molar-refractivity contribution < 1.29 is 0 Å². The number of aryl methyl sites for hydroxylation is 1. The monoisotopic (exact) mass is 302 g/mol. The van der Waals surface area contributed by atoms with Crippen LogP contribution in [0, 0.1) is 6.92 Å². The quantitative estimate of drug-likeness (QED) is 0.850. The fourth-order valence-corrected chi connectivity index (χ4v) is 3.67. The van der Waals surface area contributed by atoms with Gasteiger partial charge in [0.25, 0.3) is 0 Å². The molecule has 0 unspecified atom stereocenters. The second kappa shape index (κ2) is 6.54. The zero-order valence-corrected chi connectivity index (χ0v) is 13.2. The summed E-state index contributed by atoms with van der Waals surface area (Å²) in [5, 5.41) is 5.75. The number of nitrogen functional groups attached to an aromatic ring is 1. The summed E-state index contributed by atoms with van der Waals surface area (Å²) in [5.41, 5.74) is 9.00. The first-order valence-corrected chi connectivity index (χ1v) is 8.58. The molecule has 2 aromatic rings. The number of nitrogens with zero attached hydrogens (tertiary/aromatic N) is 2. The minimum atomic E-state index is 0.788. The lowest BCUT2D eigenvalue weighted by Gasteiger charge is -2.26. The fraction of sp³-hybridized carbons (Fsp3) is 0.438. The summed E-state index contributed by atoms with van der Waals surface area (Å²) in [6, 6.07) is 6.13. The number of rotatable bonds is 4. The number of nitrogens with one attached hydrogen (secondary N) is 1. The molecule has 0 atom stereocenters. The summed E-state index contributed by atoms with van der Waals surface area (Å²) in [4.78, 5) is 6.87. The maximum Gasteiger partial charge on any atom is 0.0423 e. The summed E-state index contributed by atoms with van der Waals surface area (Å²) in [7, 11) is 0. The van der Waals surface area contributed by atoms with Crippen LogP contribution < -0.4 is 11.1 Å². The number of nitrogens with two attached hydrogens (primary N) is 1. The molecule has 0 saturated carbocycles. The van der Waals surface area contributed by atoms with Gasteiger partial charge in [0.1, 0.15) is 0 Å². The van der Waals surface area contributed by atoms with Crippen LogP contribution in [-0.4, -0.2) is 47.6 Å². The van der Waals surface area contributed by atoms with E-state index < -0.39 is 0 Å². The third kappa shape index (κ3) is 3.41. The van der Waals surface area contributed by atoms with E-state index in [-0.39, 0.29) is 0 Å². The number of pyridine rings is 1. The van der Waals surface area contributed by atoms with Gasteiger partial charge in [-0.05, 0) is 25.1 Å². The predicted molar refractivity (Wildman–Crippen MR) is 93.1 cm³/mol. The van der Waals surface area contributed by atoms with Gasteiger partial charge >= 0.3 is 0 Å². The first kappa shape index (κ1) is 14.5. The lowest BCUT2D eigenvalue weighted by molar-refractivity contribution is 0.314. The molecule has 0 amide bonds. The van der Waals surface area contributed by atoms with Gasteiger partial charge in [0, 0.05) is 71.7 Å². The Morgan fingerprint density at radius 3 is 2.90 bits per heavy atom. The molecule has 3 rings (SSSR count). The molecule has 112 valence electrons. The highest BCUT2D eigenvalue weighted by molar-refractivity contribution is 7.99. The van der Waals surface area contributed by atoms with Crippen molar-refractivity contribution in [1.29, 1.82) is 0 Å². The van der Waals surface area contributed by atoms with Gasteiger partial charge in [0.2, 0.25) is 0 Å². The molecule has 1 aliphatic heterocycles. The van der Waals surface area contributed by atoms with Crippen LogP contribution in [0.25, 0.3) is 10.8 Å². The molecule has 0 spiro atoms. The van der Waals surface area contributed by atoms with Crippen LogP contribution >= 0.6 is 11.8 Å². The molecule has 5 heteroatoms. The minimum absolute atomic E-state index is 0.788. The fourth-order valence-electron chi connectivity index (χ4n) is 2.69. The van der Waals surface area contributed by atoms with Gasteiger partial charge < -0.3 is 11.1 Å². The van der Waals surface area contributed by atoms with E-state index in [1.54, 1.807) is 0 Å². The molecule has 2 heterocycles. The number of thioether (sulfide) groups is 1. The molecule has 3 N–H and O–H groups in total. The summed E-state index contributed by atoms with van der Waals surface area (Å²) < 4.78 is 0. The van der Waals surface area contributed by atoms with Crippen LogP contribution in [0.5, 0.6) is 0 Å². The summed E-state index contributed by atoms with van der Waals surface area (Å²) >= 11 is 2.05. The van der Waals surface area contributed by atoms with Gasteiger partial charge in [0.05, 0.1) is 0 Å². The Hall–Kier alpha value is -1.46. The highest BCUT2D eigenvalue weighted by atomic mass is 32.2. The van der Waals surface area contributed by atoms with E-state index in [2.05, 4.69) is 39.1 Å². The Morgan fingerprint density at radius 1 is 1.29 bits per heavy atom. The predicted octanol–water partition coefficient (Wildman–Crippen LogP) is 2.59. The molecular weight excluding hydrogens is 280 g/mol. The van der Waals surface area contributed by atoms with Crippen molar-refractivity contribution in [1.82, 2.24) is 9.88 Å². The largest absolute Gasteiger partial charge is 0.398 e. The maximum absolute atomic E-state index is 6.04. The summed E-state index contributed by atoms with van der Waals surface area (Å²) in [6.07, 6.45) is 1.87. The zero-order valence-electron chi connectivity index (χ0n) is 12.4. The lowest BCUT2D eigenvalue weighted by atomic mass is 10.1. The average Bonchev–Trinajstić information content (AvgIpc) is 2.50. The van der Waals surface area contributed by atoms with Gasteiger partial charge in [-0.1, -0.05) is 0 Å². The number of benzene rings is 1. The van der Waals surface area contributed by atoms with E-state index in [1.165, 1.54) is 24.6 Å². The van der Waals surface area contributed by atoms with E-state index >= 15 is 0 Å². The number of aromatic nitrogens is 1. The van der Waals surface area contributed by atoms with E-state index in [4.69, 9.17) is 5.73 Å². The van der Waals surface area contributed by atoms with Crippen LogP contribution in [0.3, 0.4) is 0 Å². The van der Waals surface area contributed by atoms with Crippen molar-refractivity contribution in [3.63, 3.8) is 0 Å². The van der Waals surface area contributed by atoms with Crippen molar-refractivity contribution in [3.8, 4) is 0 Å². The molecule has 4 nitrogen and oxygen atoms in total. The molecule has 1 aliphatic rings. The normalized spacial score (nSPS) is 16.2. The van der Waals surface area contributed by atoms with Crippen LogP contribution in [0.2, 0.25) is 0 Å². The van der Waals surface area contributed by atoms with Crippen LogP contribution in [0.15, 0.2) is 24.4 Å². The third-order valence-electron chi connectivity index (χ3n) is 3.92. The van der Waals surface area contributed by atoms with Crippen LogP contribution in [0.4, 0.5) is 11.4 Å². The lowest BCUT2D eigenvalue weighted by Crippen LogP contribution is -2.36. The SMILES string of the molecule is Cc1cc2c(NCCN3CCSCC3)ccc(N)c2cn1. The minimum Gasteiger partial charge on any atom is -0.398 e. The Morgan fingerprint density at radius 2 is 2.10 bits per heavy atom.